The van der Waals surface area contributed by atoms with Crippen LogP contribution >= 0.6 is 0 Å². The van der Waals surface area contributed by atoms with Crippen LogP contribution in [0.4, 0.5) is 0 Å². The van der Waals surface area contributed by atoms with Gasteiger partial charge in [0.05, 0.1) is 7.11 Å². The molecule has 0 spiro atoms. The number of pyridine rings is 1. The van der Waals surface area contributed by atoms with Crippen LogP contribution in [0.2, 0.25) is 0 Å². The number of hydrogen-bond donors (Lipinski definition) is 1. The molecule has 0 unspecified atom stereocenters. The SMILES string of the molecule is COc1ccc(CNC(=O)C[n+]2cccc(C)c2C)cc1. The maximum atomic E-state index is 12.0. The van der Waals surface area contributed by atoms with Crippen LogP contribution in [0.1, 0.15) is 16.8 Å². The van der Waals surface area contributed by atoms with E-state index in [2.05, 4.69) is 5.32 Å². The summed E-state index contributed by atoms with van der Waals surface area (Å²) in [4.78, 5) is 12.0. The van der Waals surface area contributed by atoms with E-state index >= 15 is 0 Å². The van der Waals surface area contributed by atoms with E-state index in [1.54, 1.807) is 7.11 Å². The maximum Gasteiger partial charge on any atom is 0.286 e. The number of nitrogens with zero attached hydrogens (tertiary/aromatic N) is 1. The van der Waals surface area contributed by atoms with Gasteiger partial charge in [0.1, 0.15) is 5.75 Å². The minimum absolute atomic E-state index is 0.00418. The van der Waals surface area contributed by atoms with Crippen LogP contribution in [0.25, 0.3) is 0 Å². The van der Waals surface area contributed by atoms with E-state index in [1.165, 1.54) is 5.56 Å². The Morgan fingerprint density at radius 3 is 2.57 bits per heavy atom. The topological polar surface area (TPSA) is 42.2 Å². The van der Waals surface area contributed by atoms with Gasteiger partial charge < -0.3 is 10.1 Å². The van der Waals surface area contributed by atoms with Crippen LogP contribution in [-0.2, 0) is 17.9 Å². The Labute approximate surface area is 125 Å². The Kier molecular flexibility index (Phi) is 4.93. The first kappa shape index (κ1) is 15.0. The van der Waals surface area contributed by atoms with Gasteiger partial charge in [0, 0.05) is 25.1 Å². The van der Waals surface area contributed by atoms with E-state index in [0.717, 1.165) is 17.0 Å². The summed E-state index contributed by atoms with van der Waals surface area (Å²) in [6.07, 6.45) is 1.93. The highest BCUT2D eigenvalue weighted by Crippen LogP contribution is 2.10. The van der Waals surface area contributed by atoms with Crippen LogP contribution in [0.15, 0.2) is 42.6 Å². The van der Waals surface area contributed by atoms with Gasteiger partial charge in [-0.3, -0.25) is 4.79 Å². The summed E-state index contributed by atoms with van der Waals surface area (Å²) in [6, 6.07) is 11.7. The normalized spacial score (nSPS) is 10.2. The van der Waals surface area contributed by atoms with Gasteiger partial charge in [-0.1, -0.05) is 12.1 Å². The van der Waals surface area contributed by atoms with Crippen LogP contribution in [0.3, 0.4) is 0 Å². The summed E-state index contributed by atoms with van der Waals surface area (Å²) in [5.41, 5.74) is 3.34. The molecule has 1 amide bonds. The molecule has 0 atom stereocenters. The zero-order valence-electron chi connectivity index (χ0n) is 12.7. The Morgan fingerprint density at radius 2 is 1.90 bits per heavy atom. The fourth-order valence-electron chi connectivity index (χ4n) is 2.08. The van der Waals surface area contributed by atoms with Gasteiger partial charge in [-0.25, -0.2) is 0 Å². The Hall–Kier alpha value is -2.36. The van der Waals surface area contributed by atoms with Gasteiger partial charge in [0.25, 0.3) is 5.91 Å². The van der Waals surface area contributed by atoms with Gasteiger partial charge >= 0.3 is 0 Å². The molecule has 4 nitrogen and oxygen atoms in total. The third-order valence-corrected chi connectivity index (χ3v) is 3.58. The molecule has 0 radical (unpaired) electrons. The van der Waals surface area contributed by atoms with Crippen molar-refractivity contribution < 1.29 is 14.1 Å². The number of carbonyl (C=O) groups is 1. The summed E-state index contributed by atoms with van der Waals surface area (Å²) >= 11 is 0. The minimum Gasteiger partial charge on any atom is -0.497 e. The number of rotatable bonds is 5. The largest absolute Gasteiger partial charge is 0.497 e. The second kappa shape index (κ2) is 6.88. The highest BCUT2D eigenvalue weighted by Gasteiger charge is 2.13. The highest BCUT2D eigenvalue weighted by atomic mass is 16.5. The molecule has 0 bridgehead atoms. The van der Waals surface area contributed by atoms with Crippen LogP contribution in [-0.4, -0.2) is 13.0 Å². The lowest BCUT2D eigenvalue weighted by Gasteiger charge is -2.06. The zero-order chi connectivity index (χ0) is 15.2. The lowest BCUT2D eigenvalue weighted by Crippen LogP contribution is -2.45. The van der Waals surface area contributed by atoms with E-state index in [0.29, 0.717) is 13.1 Å². The molecule has 2 aromatic rings. The summed E-state index contributed by atoms with van der Waals surface area (Å²) < 4.78 is 7.06. The van der Waals surface area contributed by atoms with Gasteiger partial charge in [0.2, 0.25) is 6.54 Å². The van der Waals surface area contributed by atoms with Crippen LogP contribution in [0.5, 0.6) is 5.75 Å². The average Bonchev–Trinajstić information content (AvgIpc) is 2.50. The van der Waals surface area contributed by atoms with Crippen molar-refractivity contribution in [2.24, 2.45) is 0 Å². The average molecular weight is 285 g/mol. The van der Waals surface area contributed by atoms with Gasteiger partial charge in [0.15, 0.2) is 11.9 Å². The quantitative estimate of drug-likeness (QED) is 0.853. The predicted molar refractivity (Wildman–Crippen MR) is 81.0 cm³/mol. The molecule has 0 aliphatic heterocycles. The van der Waals surface area contributed by atoms with Crippen molar-refractivity contribution >= 4 is 5.91 Å². The lowest BCUT2D eigenvalue weighted by molar-refractivity contribution is -0.690. The molecular weight excluding hydrogens is 264 g/mol. The van der Waals surface area contributed by atoms with E-state index in [9.17, 15) is 4.79 Å². The fourth-order valence-corrected chi connectivity index (χ4v) is 2.08. The number of carbonyl (C=O) groups excluding carboxylic acids is 1. The molecule has 0 aliphatic carbocycles. The Bertz CT molecular complexity index is 621. The zero-order valence-corrected chi connectivity index (χ0v) is 12.7. The molecule has 0 saturated heterocycles. The number of aryl methyl sites for hydroxylation is 1. The number of amides is 1. The molecule has 4 heteroatoms. The standard InChI is InChI=1S/C17H20N2O2/c1-13-5-4-10-19(14(13)2)12-17(20)18-11-15-6-8-16(21-3)9-7-15/h4-10H,11-12H2,1-3H3/p+1. The van der Waals surface area contributed by atoms with E-state index in [1.807, 2.05) is 61.0 Å². The van der Waals surface area contributed by atoms with E-state index in [-0.39, 0.29) is 5.91 Å². The smallest absolute Gasteiger partial charge is 0.286 e. The second-order valence-corrected chi connectivity index (χ2v) is 5.03. The third-order valence-electron chi connectivity index (χ3n) is 3.58. The fraction of sp³-hybridized carbons (Fsp3) is 0.294. The van der Waals surface area contributed by atoms with Crippen LogP contribution in [0, 0.1) is 13.8 Å². The minimum atomic E-state index is 0.00418. The monoisotopic (exact) mass is 285 g/mol. The molecular formula is C17H21N2O2+. The molecule has 21 heavy (non-hydrogen) atoms. The molecule has 0 aliphatic rings. The molecule has 1 heterocycles. The number of nitrogens with one attached hydrogen (secondary N) is 1. The van der Waals surface area contributed by atoms with Gasteiger partial charge in [-0.05, 0) is 30.7 Å². The van der Waals surface area contributed by atoms with Crippen molar-refractivity contribution in [3.05, 3.63) is 59.4 Å². The third kappa shape index (κ3) is 4.05. The molecule has 1 aromatic heterocycles. The van der Waals surface area contributed by atoms with Crippen molar-refractivity contribution in [3.8, 4) is 5.75 Å². The maximum absolute atomic E-state index is 12.0. The van der Waals surface area contributed by atoms with Crippen LogP contribution < -0.4 is 14.6 Å². The number of methoxy groups -OCH3 is 1. The van der Waals surface area contributed by atoms with Crippen molar-refractivity contribution in [2.45, 2.75) is 26.9 Å². The number of benzene rings is 1. The molecule has 110 valence electrons. The first-order valence-corrected chi connectivity index (χ1v) is 6.95. The summed E-state index contributed by atoms with van der Waals surface area (Å²) in [5.74, 6) is 0.820. The summed E-state index contributed by atoms with van der Waals surface area (Å²) in [6.45, 7) is 4.92. The van der Waals surface area contributed by atoms with Gasteiger partial charge in [-0.2, -0.15) is 4.57 Å². The van der Waals surface area contributed by atoms with Crippen molar-refractivity contribution in [3.63, 3.8) is 0 Å². The number of hydrogen-bond acceptors (Lipinski definition) is 2. The van der Waals surface area contributed by atoms with E-state index < -0.39 is 0 Å². The second-order valence-electron chi connectivity index (χ2n) is 5.03. The number of aromatic nitrogens is 1. The van der Waals surface area contributed by atoms with Crippen molar-refractivity contribution in [1.29, 1.82) is 0 Å². The number of ether oxygens (including phenoxy) is 1. The van der Waals surface area contributed by atoms with Crippen molar-refractivity contribution in [2.75, 3.05) is 7.11 Å². The predicted octanol–water partition coefficient (Wildman–Crippen LogP) is 1.92. The molecule has 0 saturated carbocycles. The Morgan fingerprint density at radius 1 is 1.19 bits per heavy atom. The summed E-state index contributed by atoms with van der Waals surface area (Å²) in [5, 5.41) is 2.93. The summed E-state index contributed by atoms with van der Waals surface area (Å²) in [7, 11) is 1.64. The van der Waals surface area contributed by atoms with Crippen molar-refractivity contribution in [1.82, 2.24) is 5.32 Å². The molecule has 2 rings (SSSR count). The first-order valence-electron chi connectivity index (χ1n) is 6.95. The lowest BCUT2D eigenvalue weighted by atomic mass is 10.2. The Balaban J connectivity index is 1.91. The molecule has 1 N–H and O–H groups in total. The molecule has 0 fully saturated rings. The van der Waals surface area contributed by atoms with E-state index in [4.69, 9.17) is 4.74 Å². The first-order chi connectivity index (χ1) is 10.1. The molecule has 1 aromatic carbocycles. The highest BCUT2D eigenvalue weighted by molar-refractivity contribution is 5.74. The van der Waals surface area contributed by atoms with Gasteiger partial charge in [-0.15, -0.1) is 0 Å².